The summed E-state index contributed by atoms with van der Waals surface area (Å²) in [6.45, 7) is 0.863. The first kappa shape index (κ1) is 15.3. The maximum absolute atomic E-state index is 12.7. The van der Waals surface area contributed by atoms with Gasteiger partial charge in [-0.1, -0.05) is 5.21 Å². The fourth-order valence-electron chi connectivity index (χ4n) is 3.03. The molecule has 2 aliphatic rings. The summed E-state index contributed by atoms with van der Waals surface area (Å²) in [4.78, 5) is 0.222. The first-order chi connectivity index (χ1) is 11.6. The highest BCUT2D eigenvalue weighted by molar-refractivity contribution is 7.89. The van der Waals surface area contributed by atoms with E-state index in [9.17, 15) is 8.42 Å². The van der Waals surface area contributed by atoms with E-state index < -0.39 is 10.0 Å². The zero-order valence-corrected chi connectivity index (χ0v) is 13.9. The minimum absolute atomic E-state index is 0.0261. The summed E-state index contributed by atoms with van der Waals surface area (Å²) < 4.78 is 28.8. The fraction of sp³-hybridized carbons (Fsp3) is 0.438. The summed E-state index contributed by atoms with van der Waals surface area (Å²) in [5.41, 5.74) is 1.46. The summed E-state index contributed by atoms with van der Waals surface area (Å²) in [7, 11) is -3.54. The Bertz CT molecular complexity index is 893. The second-order valence-electron chi connectivity index (χ2n) is 6.34. The van der Waals surface area contributed by atoms with Crippen LogP contribution >= 0.6 is 0 Å². The number of hydrogen-bond donors (Lipinski definition) is 0. The lowest BCUT2D eigenvalue weighted by atomic mass is 10.2. The van der Waals surface area contributed by atoms with E-state index in [0.717, 1.165) is 12.1 Å². The molecule has 8 heteroatoms. The van der Waals surface area contributed by atoms with Crippen LogP contribution in [0.5, 0.6) is 0 Å². The molecule has 2 aromatic rings. The Morgan fingerprint density at radius 2 is 1.92 bits per heavy atom. The van der Waals surface area contributed by atoms with E-state index in [4.69, 9.17) is 5.26 Å². The van der Waals surface area contributed by atoms with E-state index in [1.54, 1.807) is 0 Å². The van der Waals surface area contributed by atoms with E-state index in [2.05, 4.69) is 10.3 Å². The van der Waals surface area contributed by atoms with Crippen molar-refractivity contribution in [2.24, 2.45) is 0 Å². The standard InChI is InChI=1S/C16H17N5O2S/c17-9-12-1-5-15(6-2-12)24(22,23)20-8-7-14(10-20)21-11-16(18-19-21)13-3-4-13/h1-2,5-6,11,13-14H,3-4,7-8,10H2. The zero-order chi connectivity index (χ0) is 16.7. The third kappa shape index (κ3) is 2.70. The van der Waals surface area contributed by atoms with Crippen molar-refractivity contribution < 1.29 is 8.42 Å². The van der Waals surface area contributed by atoms with Crippen molar-refractivity contribution in [1.82, 2.24) is 19.3 Å². The first-order valence-corrected chi connectivity index (χ1v) is 9.44. The monoisotopic (exact) mass is 343 g/mol. The minimum Gasteiger partial charge on any atom is -0.248 e. The lowest BCUT2D eigenvalue weighted by Gasteiger charge is -2.16. The van der Waals surface area contributed by atoms with Crippen LogP contribution in [0, 0.1) is 11.3 Å². The maximum Gasteiger partial charge on any atom is 0.243 e. The zero-order valence-electron chi connectivity index (χ0n) is 13.0. The number of rotatable bonds is 4. The largest absolute Gasteiger partial charge is 0.248 e. The topological polar surface area (TPSA) is 91.9 Å². The van der Waals surface area contributed by atoms with E-state index in [0.29, 0.717) is 24.6 Å². The molecule has 2 heterocycles. The third-order valence-corrected chi connectivity index (χ3v) is 6.52. The lowest BCUT2D eigenvalue weighted by molar-refractivity contribution is 0.428. The molecular weight excluding hydrogens is 326 g/mol. The molecule has 0 spiro atoms. The summed E-state index contributed by atoms with van der Waals surface area (Å²) in [6.07, 6.45) is 5.02. The van der Waals surface area contributed by atoms with Gasteiger partial charge in [0.15, 0.2) is 0 Å². The highest BCUT2D eigenvalue weighted by Crippen LogP contribution is 2.39. The Morgan fingerprint density at radius 3 is 2.58 bits per heavy atom. The molecule has 1 saturated heterocycles. The summed E-state index contributed by atoms with van der Waals surface area (Å²) >= 11 is 0. The Labute approximate surface area is 140 Å². The molecule has 0 radical (unpaired) electrons. The molecule has 1 aliphatic heterocycles. The minimum atomic E-state index is -3.54. The average molecular weight is 343 g/mol. The summed E-state index contributed by atoms with van der Waals surface area (Å²) in [5.74, 6) is 0.540. The highest BCUT2D eigenvalue weighted by Gasteiger charge is 2.35. The number of benzene rings is 1. The summed E-state index contributed by atoms with van der Waals surface area (Å²) in [6, 6.07) is 8.05. The van der Waals surface area contributed by atoms with Crippen molar-refractivity contribution in [2.75, 3.05) is 13.1 Å². The molecular formula is C16H17N5O2S. The van der Waals surface area contributed by atoms with Gasteiger partial charge in [0.05, 0.1) is 28.3 Å². The molecule has 0 N–H and O–H groups in total. The van der Waals surface area contributed by atoms with Crippen LogP contribution < -0.4 is 0 Å². The van der Waals surface area contributed by atoms with Gasteiger partial charge in [0.25, 0.3) is 0 Å². The van der Waals surface area contributed by atoms with Gasteiger partial charge in [0.2, 0.25) is 10.0 Å². The van der Waals surface area contributed by atoms with Gasteiger partial charge in [-0.2, -0.15) is 9.57 Å². The van der Waals surface area contributed by atoms with Gasteiger partial charge in [-0.25, -0.2) is 13.1 Å². The Balaban J connectivity index is 1.51. The molecule has 7 nitrogen and oxygen atoms in total. The second kappa shape index (κ2) is 5.69. The molecule has 1 aliphatic carbocycles. The van der Waals surface area contributed by atoms with Crippen LogP contribution in [0.4, 0.5) is 0 Å². The van der Waals surface area contributed by atoms with Gasteiger partial charge in [-0.3, -0.25) is 0 Å². The van der Waals surface area contributed by atoms with E-state index in [-0.39, 0.29) is 10.9 Å². The second-order valence-corrected chi connectivity index (χ2v) is 8.28. The quantitative estimate of drug-likeness (QED) is 0.842. The van der Waals surface area contributed by atoms with Crippen LogP contribution in [0.3, 0.4) is 0 Å². The average Bonchev–Trinajstić information content (AvgIpc) is 3.13. The van der Waals surface area contributed by atoms with Gasteiger partial charge >= 0.3 is 0 Å². The molecule has 1 aromatic heterocycles. The van der Waals surface area contributed by atoms with Gasteiger partial charge in [-0.05, 0) is 43.5 Å². The SMILES string of the molecule is N#Cc1ccc(S(=O)(=O)N2CCC(n3cc(C4CC4)nn3)C2)cc1. The maximum atomic E-state index is 12.7. The molecule has 1 aromatic carbocycles. The lowest BCUT2D eigenvalue weighted by Crippen LogP contribution is -2.29. The number of aromatic nitrogens is 3. The van der Waals surface area contributed by atoms with Crippen molar-refractivity contribution in [3.05, 3.63) is 41.7 Å². The Hall–Kier alpha value is -2.24. The van der Waals surface area contributed by atoms with Crippen LogP contribution in [0.25, 0.3) is 0 Å². The number of hydrogen-bond acceptors (Lipinski definition) is 5. The van der Waals surface area contributed by atoms with E-state index in [1.165, 1.54) is 41.4 Å². The van der Waals surface area contributed by atoms with Gasteiger partial charge in [0, 0.05) is 25.2 Å². The third-order valence-electron chi connectivity index (χ3n) is 4.65. The molecule has 124 valence electrons. The van der Waals surface area contributed by atoms with E-state index >= 15 is 0 Å². The van der Waals surface area contributed by atoms with Gasteiger partial charge < -0.3 is 0 Å². The number of nitrogens with zero attached hydrogens (tertiary/aromatic N) is 5. The Kier molecular flexibility index (Phi) is 3.62. The van der Waals surface area contributed by atoms with Crippen LogP contribution in [0.2, 0.25) is 0 Å². The molecule has 1 saturated carbocycles. The summed E-state index contributed by atoms with van der Waals surface area (Å²) in [5, 5.41) is 17.2. The normalized spacial score (nSPS) is 21.7. The smallest absolute Gasteiger partial charge is 0.243 e. The van der Waals surface area contributed by atoms with Crippen LogP contribution in [0.1, 0.15) is 42.5 Å². The number of nitriles is 1. The molecule has 1 unspecified atom stereocenters. The first-order valence-electron chi connectivity index (χ1n) is 8.00. The van der Waals surface area contributed by atoms with Crippen molar-refractivity contribution in [2.45, 2.75) is 36.1 Å². The predicted molar refractivity (Wildman–Crippen MR) is 85.6 cm³/mol. The van der Waals surface area contributed by atoms with Crippen molar-refractivity contribution in [3.8, 4) is 6.07 Å². The van der Waals surface area contributed by atoms with Crippen molar-refractivity contribution >= 4 is 10.0 Å². The fourth-order valence-corrected chi connectivity index (χ4v) is 4.52. The molecule has 2 fully saturated rings. The Morgan fingerprint density at radius 1 is 1.17 bits per heavy atom. The number of sulfonamides is 1. The molecule has 0 bridgehead atoms. The molecule has 1 atom stereocenters. The van der Waals surface area contributed by atoms with Crippen LogP contribution in [0.15, 0.2) is 35.4 Å². The molecule has 0 amide bonds. The van der Waals surface area contributed by atoms with E-state index in [1.807, 2.05) is 16.9 Å². The van der Waals surface area contributed by atoms with Crippen molar-refractivity contribution in [1.29, 1.82) is 5.26 Å². The van der Waals surface area contributed by atoms with Gasteiger partial charge in [0.1, 0.15) is 0 Å². The van der Waals surface area contributed by atoms with Gasteiger partial charge in [-0.15, -0.1) is 5.10 Å². The van der Waals surface area contributed by atoms with Crippen LogP contribution in [-0.2, 0) is 10.0 Å². The van der Waals surface area contributed by atoms with Crippen LogP contribution in [-0.4, -0.2) is 40.8 Å². The van der Waals surface area contributed by atoms with Crippen molar-refractivity contribution in [3.63, 3.8) is 0 Å². The highest BCUT2D eigenvalue weighted by atomic mass is 32.2. The predicted octanol–water partition coefficient (Wildman–Crippen LogP) is 1.66. The molecule has 24 heavy (non-hydrogen) atoms. The molecule has 4 rings (SSSR count).